The van der Waals surface area contributed by atoms with Crippen molar-refractivity contribution in [3.63, 3.8) is 0 Å². The number of aromatic nitrogens is 1. The minimum Gasteiger partial charge on any atom is -0.467 e. The van der Waals surface area contributed by atoms with E-state index in [0.29, 0.717) is 6.04 Å². The number of nitrogens with zero attached hydrogens (tertiary/aromatic N) is 2. The van der Waals surface area contributed by atoms with Gasteiger partial charge in [0.15, 0.2) is 0 Å². The van der Waals surface area contributed by atoms with Crippen molar-refractivity contribution in [2.45, 2.75) is 32.4 Å². The minimum absolute atomic E-state index is 0.614. The largest absolute Gasteiger partial charge is 0.467 e. The van der Waals surface area contributed by atoms with E-state index in [0.717, 1.165) is 28.3 Å². The summed E-state index contributed by atoms with van der Waals surface area (Å²) in [5.41, 5.74) is 1.03. The van der Waals surface area contributed by atoms with E-state index in [9.17, 15) is 0 Å². The highest BCUT2D eigenvalue weighted by atomic mass is 79.9. The fraction of sp³-hybridized carbons (Fsp3) is 0.357. The molecule has 4 heteroatoms. The second-order valence-corrected chi connectivity index (χ2v) is 5.53. The molecule has 3 rings (SSSR count). The number of anilines is 1. The quantitative estimate of drug-likeness (QED) is 0.857. The molecule has 1 aliphatic carbocycles. The highest BCUT2D eigenvalue weighted by Crippen LogP contribution is 2.33. The molecule has 3 nitrogen and oxygen atoms in total. The third-order valence-electron chi connectivity index (χ3n) is 3.19. The first kappa shape index (κ1) is 11.8. The average molecular weight is 307 g/mol. The van der Waals surface area contributed by atoms with Crippen LogP contribution in [0.2, 0.25) is 0 Å². The Bertz CT molecular complexity index is 535. The summed E-state index contributed by atoms with van der Waals surface area (Å²) in [6, 6.07) is 8.69. The van der Waals surface area contributed by atoms with Gasteiger partial charge in [-0.2, -0.15) is 0 Å². The van der Waals surface area contributed by atoms with Crippen molar-refractivity contribution in [1.82, 2.24) is 4.98 Å². The van der Waals surface area contributed by atoms with Gasteiger partial charge in [-0.25, -0.2) is 4.98 Å². The molecule has 2 heterocycles. The third kappa shape index (κ3) is 2.43. The topological polar surface area (TPSA) is 29.3 Å². The van der Waals surface area contributed by atoms with Crippen LogP contribution in [0.25, 0.3) is 0 Å². The molecule has 0 amide bonds. The van der Waals surface area contributed by atoms with Gasteiger partial charge >= 0.3 is 0 Å². The SMILES string of the molecule is Cc1nc(N(Cc2ccco2)C2CC2)ccc1Br. The normalized spacial score (nSPS) is 14.8. The molecule has 1 fully saturated rings. The highest BCUT2D eigenvalue weighted by molar-refractivity contribution is 9.10. The van der Waals surface area contributed by atoms with E-state index < -0.39 is 0 Å². The number of rotatable bonds is 4. The van der Waals surface area contributed by atoms with Gasteiger partial charge in [-0.05, 0) is 60.0 Å². The van der Waals surface area contributed by atoms with Crippen molar-refractivity contribution in [3.05, 3.63) is 46.5 Å². The Hall–Kier alpha value is -1.29. The van der Waals surface area contributed by atoms with Crippen molar-refractivity contribution >= 4 is 21.7 Å². The van der Waals surface area contributed by atoms with Gasteiger partial charge in [0.05, 0.1) is 18.5 Å². The number of aryl methyl sites for hydroxylation is 1. The first-order valence-corrected chi connectivity index (χ1v) is 6.95. The summed E-state index contributed by atoms with van der Waals surface area (Å²) in [4.78, 5) is 6.98. The Morgan fingerprint density at radius 2 is 2.22 bits per heavy atom. The van der Waals surface area contributed by atoms with E-state index >= 15 is 0 Å². The van der Waals surface area contributed by atoms with Crippen LogP contribution in [-0.2, 0) is 6.54 Å². The molecule has 0 radical (unpaired) electrons. The number of hydrogen-bond donors (Lipinski definition) is 0. The molecule has 1 saturated carbocycles. The summed E-state index contributed by atoms with van der Waals surface area (Å²) in [6.07, 6.45) is 4.22. The predicted octanol–water partition coefficient (Wildman–Crippen LogP) is 3.91. The summed E-state index contributed by atoms with van der Waals surface area (Å²) in [6.45, 7) is 2.82. The molecule has 0 bridgehead atoms. The zero-order chi connectivity index (χ0) is 12.5. The van der Waals surface area contributed by atoms with Crippen molar-refractivity contribution in [2.75, 3.05) is 4.90 Å². The zero-order valence-electron chi connectivity index (χ0n) is 10.3. The molecule has 18 heavy (non-hydrogen) atoms. The molecule has 0 unspecified atom stereocenters. The van der Waals surface area contributed by atoms with Crippen LogP contribution in [0.1, 0.15) is 24.3 Å². The molecule has 0 spiro atoms. The van der Waals surface area contributed by atoms with Gasteiger partial charge in [0.25, 0.3) is 0 Å². The van der Waals surface area contributed by atoms with Crippen LogP contribution in [0.15, 0.2) is 39.4 Å². The van der Waals surface area contributed by atoms with Gasteiger partial charge in [-0.15, -0.1) is 0 Å². The summed E-state index contributed by atoms with van der Waals surface area (Å²) in [7, 11) is 0. The third-order valence-corrected chi connectivity index (χ3v) is 4.03. The smallest absolute Gasteiger partial charge is 0.129 e. The van der Waals surface area contributed by atoms with Crippen LogP contribution < -0.4 is 4.90 Å². The molecule has 0 saturated heterocycles. The molecular weight excluding hydrogens is 292 g/mol. The summed E-state index contributed by atoms with van der Waals surface area (Å²) in [5.74, 6) is 2.03. The maximum atomic E-state index is 5.44. The monoisotopic (exact) mass is 306 g/mol. The van der Waals surface area contributed by atoms with Gasteiger partial charge in [0, 0.05) is 10.5 Å². The number of hydrogen-bond acceptors (Lipinski definition) is 3. The van der Waals surface area contributed by atoms with Gasteiger partial charge in [-0.3, -0.25) is 0 Å². The van der Waals surface area contributed by atoms with Crippen molar-refractivity contribution in [3.8, 4) is 0 Å². The summed E-state index contributed by atoms with van der Waals surface area (Å²) in [5, 5.41) is 0. The van der Waals surface area contributed by atoms with Crippen LogP contribution in [0.3, 0.4) is 0 Å². The van der Waals surface area contributed by atoms with E-state index in [1.54, 1.807) is 6.26 Å². The van der Waals surface area contributed by atoms with Gasteiger partial charge in [0.1, 0.15) is 11.6 Å². The van der Waals surface area contributed by atoms with Gasteiger partial charge in [0.2, 0.25) is 0 Å². The minimum atomic E-state index is 0.614. The maximum absolute atomic E-state index is 5.44. The van der Waals surface area contributed by atoms with Crippen LogP contribution in [0, 0.1) is 6.92 Å². The van der Waals surface area contributed by atoms with Crippen LogP contribution in [0.4, 0.5) is 5.82 Å². The standard InChI is InChI=1S/C14H15BrN2O/c1-10-13(15)6-7-14(16-10)17(11-4-5-11)9-12-3-2-8-18-12/h2-3,6-8,11H,4-5,9H2,1H3. The Labute approximate surface area is 115 Å². The molecule has 0 aliphatic heterocycles. The molecule has 2 aromatic heterocycles. The van der Waals surface area contributed by atoms with Gasteiger partial charge < -0.3 is 9.32 Å². The first-order valence-electron chi connectivity index (χ1n) is 6.16. The van der Waals surface area contributed by atoms with Crippen molar-refractivity contribution < 1.29 is 4.42 Å². The fourth-order valence-corrected chi connectivity index (χ4v) is 2.27. The molecule has 0 atom stereocenters. The van der Waals surface area contributed by atoms with E-state index in [1.165, 1.54) is 12.8 Å². The van der Waals surface area contributed by atoms with Gasteiger partial charge in [-0.1, -0.05) is 0 Å². The second-order valence-electron chi connectivity index (χ2n) is 4.68. The van der Waals surface area contributed by atoms with Crippen LogP contribution in [-0.4, -0.2) is 11.0 Å². The lowest BCUT2D eigenvalue weighted by molar-refractivity contribution is 0.500. The molecule has 0 aromatic carbocycles. The Morgan fingerprint density at radius 3 is 2.83 bits per heavy atom. The lowest BCUT2D eigenvalue weighted by Gasteiger charge is -2.22. The van der Waals surface area contributed by atoms with Crippen molar-refractivity contribution in [2.24, 2.45) is 0 Å². The summed E-state index contributed by atoms with van der Waals surface area (Å²) < 4.78 is 6.49. The maximum Gasteiger partial charge on any atom is 0.129 e. The van der Waals surface area contributed by atoms with E-state index in [2.05, 4.69) is 37.9 Å². The van der Waals surface area contributed by atoms with E-state index in [4.69, 9.17) is 4.42 Å². The number of pyridine rings is 1. The lowest BCUT2D eigenvalue weighted by Crippen LogP contribution is -2.25. The molecular formula is C14H15BrN2O. The second kappa shape index (κ2) is 4.76. The van der Waals surface area contributed by atoms with E-state index in [1.807, 2.05) is 19.1 Å². The van der Waals surface area contributed by atoms with Crippen LogP contribution in [0.5, 0.6) is 0 Å². The lowest BCUT2D eigenvalue weighted by atomic mass is 10.3. The molecule has 2 aromatic rings. The fourth-order valence-electron chi connectivity index (χ4n) is 2.04. The molecule has 1 aliphatic rings. The summed E-state index contributed by atoms with van der Waals surface area (Å²) >= 11 is 3.49. The number of halogens is 1. The zero-order valence-corrected chi connectivity index (χ0v) is 11.9. The van der Waals surface area contributed by atoms with Crippen molar-refractivity contribution in [1.29, 1.82) is 0 Å². The first-order chi connectivity index (χ1) is 8.74. The highest BCUT2D eigenvalue weighted by Gasteiger charge is 2.30. The van der Waals surface area contributed by atoms with Crippen LogP contribution >= 0.6 is 15.9 Å². The Kier molecular flexibility index (Phi) is 3.12. The predicted molar refractivity (Wildman–Crippen MR) is 74.6 cm³/mol. The Balaban J connectivity index is 1.86. The Morgan fingerprint density at radius 1 is 1.39 bits per heavy atom. The molecule has 0 N–H and O–H groups in total. The van der Waals surface area contributed by atoms with E-state index in [-0.39, 0.29) is 0 Å². The molecule has 94 valence electrons. The number of furan rings is 1. The average Bonchev–Trinajstić information content (AvgIpc) is 3.07.